The van der Waals surface area contributed by atoms with Gasteiger partial charge in [-0.25, -0.2) is 0 Å². The molecule has 4 radical (unpaired) electrons. The molecule has 0 saturated carbocycles. The maximum Gasteiger partial charge on any atom is 0.0799 e. The van der Waals surface area contributed by atoms with E-state index in [0.29, 0.717) is 5.92 Å². The van der Waals surface area contributed by atoms with Crippen LogP contribution in [0.25, 0.3) is 90.1 Å². The second-order valence-electron chi connectivity index (χ2n) is 43.2. The Bertz CT molecular complexity index is 5950. The fraction of sp³-hybridized carbons (Fsp3) is 0.312. The van der Waals surface area contributed by atoms with Crippen LogP contribution in [0.3, 0.4) is 0 Å². The minimum atomic E-state index is -1.44. The molecular weight excluding hydrogens is 2530 g/mol. The first-order valence-corrected chi connectivity index (χ1v) is 63.9. The van der Waals surface area contributed by atoms with Gasteiger partial charge in [0.2, 0.25) is 0 Å². The summed E-state index contributed by atoms with van der Waals surface area (Å²) in [6, 6.07) is 108. The second kappa shape index (κ2) is 60.0. The molecule has 8 nitrogen and oxygen atoms in total. The Hall–Kier alpha value is -9.58. The van der Waals surface area contributed by atoms with Crippen molar-refractivity contribution >= 4 is 53.0 Å². The molecule has 0 bridgehead atoms. The summed E-state index contributed by atoms with van der Waals surface area (Å²) in [5.41, 5.74) is 33.0. The van der Waals surface area contributed by atoms with Crippen molar-refractivity contribution in [1.29, 1.82) is 0 Å². The van der Waals surface area contributed by atoms with E-state index in [1.807, 2.05) is 170 Å². The second-order valence-corrected chi connectivity index (χ2v) is 63.4. The van der Waals surface area contributed by atoms with Crippen LogP contribution in [0.15, 0.2) is 292 Å². The molecule has 0 aliphatic carbocycles. The van der Waals surface area contributed by atoms with Gasteiger partial charge in [0, 0.05) is 130 Å². The van der Waals surface area contributed by atoms with Crippen molar-refractivity contribution in [2.75, 3.05) is 0 Å². The molecule has 0 amide bonds. The maximum absolute atomic E-state index is 4.83. The van der Waals surface area contributed by atoms with Crippen LogP contribution in [0.1, 0.15) is 167 Å². The number of pyridine rings is 8. The normalized spacial score (nSPS) is 11.2. The third kappa shape index (κ3) is 41.6. The van der Waals surface area contributed by atoms with Crippen LogP contribution in [0.4, 0.5) is 0 Å². The minimum Gasteiger partial charge on any atom is -0.305 e. The van der Waals surface area contributed by atoms with Crippen LogP contribution >= 0.6 is 0 Å². The van der Waals surface area contributed by atoms with Crippen molar-refractivity contribution in [2.24, 2.45) is 10.8 Å². The van der Waals surface area contributed by atoms with Crippen LogP contribution in [-0.2, 0) is 99.7 Å². The quantitative estimate of drug-likeness (QED) is 0.0398. The summed E-state index contributed by atoms with van der Waals surface area (Å²) < 4.78 is 0. The smallest absolute Gasteiger partial charge is 0.0799 e. The maximum atomic E-state index is 4.83. The summed E-state index contributed by atoms with van der Waals surface area (Å²) in [6.07, 6.45) is 25.5. The average Bonchev–Trinajstić information content (AvgIpc) is 0.775. The molecule has 8 aromatic carbocycles. The van der Waals surface area contributed by atoms with Gasteiger partial charge in [0.25, 0.3) is 0 Å². The van der Waals surface area contributed by atoms with E-state index in [4.69, 9.17) is 19.9 Å². The molecule has 0 spiro atoms. The Morgan fingerprint density at radius 2 is 0.528 bits per heavy atom. The molecule has 0 aliphatic rings. The van der Waals surface area contributed by atoms with Crippen molar-refractivity contribution in [3.8, 4) is 90.1 Å². The summed E-state index contributed by atoms with van der Waals surface area (Å²) in [4.78, 5) is 36.0. The third-order valence-corrected chi connectivity index (χ3v) is 32.0. The van der Waals surface area contributed by atoms with E-state index in [-0.39, 0.29) is 91.3 Å². The van der Waals surface area contributed by atoms with E-state index in [1.54, 1.807) is 24.8 Å². The van der Waals surface area contributed by atoms with Gasteiger partial charge in [-0.05, 0) is 139 Å². The Morgan fingerprint density at radius 3 is 0.764 bits per heavy atom. The molecule has 1 unspecified atom stereocenters. The Kier molecular flexibility index (Phi) is 52.1. The summed E-state index contributed by atoms with van der Waals surface area (Å²) in [6.45, 7) is 66.6. The zero-order valence-electron chi connectivity index (χ0n) is 90.9. The van der Waals surface area contributed by atoms with E-state index in [0.717, 1.165) is 103 Å². The Labute approximate surface area is 926 Å². The van der Waals surface area contributed by atoms with Crippen LogP contribution < -0.4 is 20.7 Å². The fourth-order valence-electron chi connectivity index (χ4n) is 16.5. The van der Waals surface area contributed by atoms with Gasteiger partial charge in [0.15, 0.2) is 0 Å². The topological polar surface area (TPSA) is 103 Å². The summed E-state index contributed by atoms with van der Waals surface area (Å²) >= 11 is 0. The number of benzene rings is 8. The van der Waals surface area contributed by atoms with Crippen LogP contribution in [0.5, 0.6) is 0 Å². The molecule has 16 aromatic rings. The van der Waals surface area contributed by atoms with E-state index >= 15 is 0 Å². The molecule has 16 heteroatoms. The molecule has 0 saturated heterocycles. The van der Waals surface area contributed by atoms with Gasteiger partial charge >= 0.3 is 0 Å². The van der Waals surface area contributed by atoms with Gasteiger partial charge in [-0.15, -0.1) is 283 Å². The molecule has 1 atom stereocenters. The zero-order chi connectivity index (χ0) is 102. The van der Waals surface area contributed by atoms with Crippen molar-refractivity contribution in [3.63, 3.8) is 0 Å². The van der Waals surface area contributed by atoms with Crippen molar-refractivity contribution < 1.29 is 80.4 Å². The number of aryl methyl sites for hydroxylation is 10. The van der Waals surface area contributed by atoms with Gasteiger partial charge in [-0.2, -0.15) is 0 Å². The number of hydrogen-bond acceptors (Lipinski definition) is 8. The SMILES string of the molecule is CCCCCc1cc(-c2[c-]c(C)cc(C)c2)ncc1[Si](C)(C)C.CCCCc1cc(-c2[c-]c(C)cc(C)c2)ncc1[Si](C)(C)C.Cc1[c-]c(-c2cc(C(C)C(C)(C)C)c([Si](C)(C)C)cn2)cc(C)c1.Cc1[c-]c(-c2cc(CC(C)(C)C)c([Si](C)(C)C)cn2)cc(C)c1.[Ir].[Ir].[Ir].[Ir].[c-]1ccccc1-c1ccccn1.[c-]1ccccc1-c1ccccn1.[c-]1ccccc1-c1ccccn1.[c-]1ccccc1-c1ccccn1. The monoisotopic (exact) mass is 2680 g/mol. The molecule has 0 N–H and O–H groups in total. The van der Waals surface area contributed by atoms with Gasteiger partial charge in [0.05, 0.1) is 32.3 Å². The number of hydrogen-bond donors (Lipinski definition) is 0. The number of unbranched alkanes of at least 4 members (excludes halogenated alkanes) is 3. The van der Waals surface area contributed by atoms with Crippen LogP contribution in [0.2, 0.25) is 78.6 Å². The molecular formula is C128H152Ir4N8Si4-8. The van der Waals surface area contributed by atoms with Crippen molar-refractivity contribution in [3.05, 3.63) is 408 Å². The summed E-state index contributed by atoms with van der Waals surface area (Å²) in [7, 11) is -5.54. The largest absolute Gasteiger partial charge is 0.305 e. The van der Waals surface area contributed by atoms with Gasteiger partial charge in [-0.3, -0.25) is 0 Å². The number of rotatable bonds is 21. The van der Waals surface area contributed by atoms with E-state index < -0.39 is 32.3 Å². The van der Waals surface area contributed by atoms with Crippen LogP contribution in [-0.4, -0.2) is 72.2 Å². The van der Waals surface area contributed by atoms with E-state index in [2.05, 4.69) is 362 Å². The summed E-state index contributed by atoms with van der Waals surface area (Å²) in [5, 5.41) is 5.99. The van der Waals surface area contributed by atoms with E-state index in [1.165, 1.54) is 126 Å². The Balaban J connectivity index is 0.000000293. The van der Waals surface area contributed by atoms with Crippen molar-refractivity contribution in [1.82, 2.24) is 39.9 Å². The molecule has 8 heterocycles. The average molecular weight is 2680 g/mol. The standard InChI is InChI=1S/C22H32NSi.2C21H30NSi.C20H28NSi.4C11H8N.4Ir/c1-15-10-16(2)12-18(11-15)20-13-19(17(3)22(4,5)6)21(14-23-20)24(7,8)9;1-15-9-16(2)11-17(10-15)19-12-18(13-21(3,4)5)20(14-22-19)23(6,7)8;1-7-8-9-10-18-14-20(22-15-21(18)23(4,5)6)19-12-16(2)11-17(3)13-19;1-7-8-9-17-13-19(21-14-20(17)22(4,5)6)18-11-15(2)10-16(3)12-18;4*1-2-6-10(7-3-1)11-8-4-5-9-12-11;;;;/h10-11,13-14,17H,1-9H3;9-10,12,14H,13H2,1-8H3;11-12,14-15H,7-10H2,1-6H3;10-11,13-14H,7-9H2,1-6H3;4*1-6,8-9H;;;;/q8*-1;;;;. The first-order valence-electron chi connectivity index (χ1n) is 49.9. The van der Waals surface area contributed by atoms with Crippen molar-refractivity contribution in [2.45, 2.75) is 254 Å². The molecule has 764 valence electrons. The molecule has 8 aromatic heterocycles. The Morgan fingerprint density at radius 1 is 0.271 bits per heavy atom. The number of aromatic nitrogens is 8. The molecule has 0 fully saturated rings. The van der Waals surface area contributed by atoms with Gasteiger partial charge < -0.3 is 39.9 Å². The molecule has 16 rings (SSSR count). The zero-order valence-corrected chi connectivity index (χ0v) is 104. The summed E-state index contributed by atoms with van der Waals surface area (Å²) in [5.74, 6) is 0.492. The van der Waals surface area contributed by atoms with Gasteiger partial charge in [-0.1, -0.05) is 311 Å². The first kappa shape index (κ1) is 125. The predicted molar refractivity (Wildman–Crippen MR) is 611 cm³/mol. The molecule has 144 heavy (non-hydrogen) atoms. The predicted octanol–water partition coefficient (Wildman–Crippen LogP) is 31.8. The minimum absolute atomic E-state index is 0. The van der Waals surface area contributed by atoms with E-state index in [9.17, 15) is 0 Å². The molecule has 0 aliphatic heterocycles. The number of nitrogens with zero attached hydrogens (tertiary/aromatic N) is 8. The third-order valence-electron chi connectivity index (χ3n) is 23.8. The van der Waals surface area contributed by atoms with Crippen LogP contribution in [0, 0.1) is 115 Å². The van der Waals surface area contributed by atoms with Gasteiger partial charge in [0.1, 0.15) is 0 Å². The first-order chi connectivity index (χ1) is 66.3. The fourth-order valence-corrected chi connectivity index (χ4v) is 22.9.